The first kappa shape index (κ1) is 18.9. The van der Waals surface area contributed by atoms with Crippen molar-refractivity contribution in [3.8, 4) is 0 Å². The van der Waals surface area contributed by atoms with Crippen LogP contribution in [0.5, 0.6) is 0 Å². The van der Waals surface area contributed by atoms with Gasteiger partial charge in [-0.05, 0) is 26.8 Å². The van der Waals surface area contributed by atoms with Crippen molar-refractivity contribution in [2.24, 2.45) is 7.05 Å². The Morgan fingerprint density at radius 3 is 2.54 bits per heavy atom. The Hall–Kier alpha value is -1.47. The standard InChI is InChI=1S/C17H32N6O/c1-14-20-21-16(23(14)3)12-22(2)13-17(24)19-11-10-18-15-8-6-4-5-7-9-15/h15,18H,4-13H2,1-3H3,(H,19,24). The molecule has 2 N–H and O–H groups in total. The van der Waals surface area contributed by atoms with Crippen molar-refractivity contribution in [2.75, 3.05) is 26.7 Å². The van der Waals surface area contributed by atoms with Crippen LogP contribution in [0.2, 0.25) is 0 Å². The Bertz CT molecular complexity index is 507. The third-order valence-corrected chi connectivity index (χ3v) is 4.74. The first-order valence-corrected chi connectivity index (χ1v) is 9.09. The summed E-state index contributed by atoms with van der Waals surface area (Å²) in [6.45, 7) is 4.44. The smallest absolute Gasteiger partial charge is 0.234 e. The average molecular weight is 336 g/mol. The second-order valence-corrected chi connectivity index (χ2v) is 6.89. The Labute approximate surface area is 145 Å². The van der Waals surface area contributed by atoms with Crippen molar-refractivity contribution in [1.82, 2.24) is 30.3 Å². The van der Waals surface area contributed by atoms with Gasteiger partial charge >= 0.3 is 0 Å². The van der Waals surface area contributed by atoms with Crippen molar-refractivity contribution in [2.45, 2.75) is 58.0 Å². The lowest BCUT2D eigenvalue weighted by molar-refractivity contribution is -0.122. The van der Waals surface area contributed by atoms with Crippen molar-refractivity contribution in [1.29, 1.82) is 0 Å². The molecule has 7 nitrogen and oxygen atoms in total. The highest BCUT2D eigenvalue weighted by molar-refractivity contribution is 5.77. The van der Waals surface area contributed by atoms with Crippen LogP contribution in [0.15, 0.2) is 0 Å². The zero-order valence-electron chi connectivity index (χ0n) is 15.3. The van der Waals surface area contributed by atoms with Gasteiger partial charge in [-0.2, -0.15) is 0 Å². The summed E-state index contributed by atoms with van der Waals surface area (Å²) < 4.78 is 1.95. The highest BCUT2D eigenvalue weighted by atomic mass is 16.2. The van der Waals surface area contributed by atoms with E-state index in [9.17, 15) is 4.79 Å². The summed E-state index contributed by atoms with van der Waals surface area (Å²) in [5.41, 5.74) is 0. The molecule has 136 valence electrons. The minimum Gasteiger partial charge on any atom is -0.354 e. The minimum atomic E-state index is 0.0547. The largest absolute Gasteiger partial charge is 0.354 e. The molecule has 1 aliphatic carbocycles. The molecule has 24 heavy (non-hydrogen) atoms. The molecule has 1 aromatic heterocycles. The summed E-state index contributed by atoms with van der Waals surface area (Å²) in [6, 6.07) is 0.631. The van der Waals surface area contributed by atoms with E-state index in [0.29, 0.717) is 25.7 Å². The minimum absolute atomic E-state index is 0.0547. The second-order valence-electron chi connectivity index (χ2n) is 6.89. The highest BCUT2D eigenvalue weighted by Gasteiger charge is 2.13. The fourth-order valence-corrected chi connectivity index (χ4v) is 3.15. The number of hydrogen-bond acceptors (Lipinski definition) is 5. The number of nitrogens with zero attached hydrogens (tertiary/aromatic N) is 4. The maximum atomic E-state index is 12.0. The molecular weight excluding hydrogens is 304 g/mol. The molecular formula is C17H32N6O. The highest BCUT2D eigenvalue weighted by Crippen LogP contribution is 2.16. The Morgan fingerprint density at radius 2 is 1.92 bits per heavy atom. The summed E-state index contributed by atoms with van der Waals surface area (Å²) in [5, 5.41) is 14.7. The summed E-state index contributed by atoms with van der Waals surface area (Å²) in [4.78, 5) is 14.0. The number of hydrogen-bond donors (Lipinski definition) is 2. The number of likely N-dealkylation sites (N-methyl/N-ethyl adjacent to an activating group) is 1. The van der Waals surface area contributed by atoms with Gasteiger partial charge in [-0.3, -0.25) is 9.69 Å². The van der Waals surface area contributed by atoms with Gasteiger partial charge in [-0.25, -0.2) is 0 Å². The number of nitrogens with one attached hydrogen (secondary N) is 2. The number of aromatic nitrogens is 3. The molecule has 1 aromatic rings. The second kappa shape index (κ2) is 9.74. The van der Waals surface area contributed by atoms with Crippen molar-refractivity contribution < 1.29 is 4.79 Å². The van der Waals surface area contributed by atoms with E-state index in [2.05, 4.69) is 20.8 Å². The van der Waals surface area contributed by atoms with Crippen LogP contribution in [0.3, 0.4) is 0 Å². The molecule has 1 saturated carbocycles. The molecule has 0 bridgehead atoms. The van der Waals surface area contributed by atoms with Crippen LogP contribution in [-0.2, 0) is 18.4 Å². The fourth-order valence-electron chi connectivity index (χ4n) is 3.15. The van der Waals surface area contributed by atoms with Gasteiger partial charge in [0, 0.05) is 26.2 Å². The lowest BCUT2D eigenvalue weighted by atomic mass is 10.1. The van der Waals surface area contributed by atoms with Gasteiger partial charge in [-0.1, -0.05) is 25.7 Å². The van der Waals surface area contributed by atoms with Gasteiger partial charge in [0.1, 0.15) is 11.6 Å². The van der Waals surface area contributed by atoms with E-state index in [1.54, 1.807) is 0 Å². The van der Waals surface area contributed by atoms with Crippen LogP contribution in [0.1, 0.15) is 50.2 Å². The Morgan fingerprint density at radius 1 is 1.21 bits per heavy atom. The van der Waals surface area contributed by atoms with Crippen LogP contribution in [0.4, 0.5) is 0 Å². The number of carbonyl (C=O) groups is 1. The summed E-state index contributed by atoms with van der Waals surface area (Å²) in [6.07, 6.45) is 7.94. The van der Waals surface area contributed by atoms with Crippen LogP contribution in [-0.4, -0.2) is 58.3 Å². The maximum Gasteiger partial charge on any atom is 0.234 e. The quantitative estimate of drug-likeness (QED) is 0.547. The van der Waals surface area contributed by atoms with Crippen LogP contribution in [0, 0.1) is 6.92 Å². The number of rotatable bonds is 8. The predicted molar refractivity (Wildman–Crippen MR) is 94.6 cm³/mol. The molecule has 1 aliphatic rings. The summed E-state index contributed by atoms with van der Waals surface area (Å²) >= 11 is 0. The molecule has 0 aliphatic heterocycles. The van der Waals surface area contributed by atoms with E-state index in [1.807, 2.05) is 30.5 Å². The molecule has 2 rings (SSSR count). The molecule has 1 amide bonds. The van der Waals surface area contributed by atoms with Crippen molar-refractivity contribution in [3.63, 3.8) is 0 Å². The SMILES string of the molecule is Cc1nnc(CN(C)CC(=O)NCCNC2CCCCCC2)n1C. The van der Waals surface area contributed by atoms with E-state index in [4.69, 9.17) is 0 Å². The first-order valence-electron chi connectivity index (χ1n) is 9.09. The summed E-state index contributed by atoms with van der Waals surface area (Å²) in [7, 11) is 3.87. The lowest BCUT2D eigenvalue weighted by Gasteiger charge is -2.18. The van der Waals surface area contributed by atoms with Crippen molar-refractivity contribution >= 4 is 5.91 Å². The maximum absolute atomic E-state index is 12.0. The van der Waals surface area contributed by atoms with E-state index in [0.717, 1.165) is 18.2 Å². The molecule has 0 saturated heterocycles. The number of amides is 1. The van der Waals surface area contributed by atoms with E-state index in [1.165, 1.54) is 38.5 Å². The molecule has 1 heterocycles. The molecule has 0 unspecified atom stereocenters. The molecule has 0 radical (unpaired) electrons. The van der Waals surface area contributed by atoms with Gasteiger partial charge in [-0.15, -0.1) is 10.2 Å². The number of aryl methyl sites for hydroxylation is 1. The van der Waals surface area contributed by atoms with Crippen LogP contribution < -0.4 is 10.6 Å². The van der Waals surface area contributed by atoms with E-state index >= 15 is 0 Å². The molecule has 0 aromatic carbocycles. The zero-order valence-corrected chi connectivity index (χ0v) is 15.3. The molecule has 1 fully saturated rings. The van der Waals surface area contributed by atoms with E-state index in [-0.39, 0.29) is 5.91 Å². The van der Waals surface area contributed by atoms with Gasteiger partial charge in [0.2, 0.25) is 5.91 Å². The monoisotopic (exact) mass is 336 g/mol. The van der Waals surface area contributed by atoms with Gasteiger partial charge in [0.05, 0.1) is 13.1 Å². The average Bonchev–Trinajstić information content (AvgIpc) is 2.76. The third kappa shape index (κ3) is 6.20. The summed E-state index contributed by atoms with van der Waals surface area (Å²) in [5.74, 6) is 1.81. The van der Waals surface area contributed by atoms with Gasteiger partial charge in [0.25, 0.3) is 0 Å². The normalized spacial score (nSPS) is 16.3. The van der Waals surface area contributed by atoms with Gasteiger partial charge < -0.3 is 15.2 Å². The fraction of sp³-hybridized carbons (Fsp3) is 0.824. The first-order chi connectivity index (χ1) is 11.6. The Balaban J connectivity index is 1.59. The molecule has 0 atom stereocenters. The topological polar surface area (TPSA) is 75.1 Å². The van der Waals surface area contributed by atoms with Gasteiger partial charge in [0.15, 0.2) is 0 Å². The zero-order chi connectivity index (χ0) is 17.4. The van der Waals surface area contributed by atoms with Crippen LogP contribution >= 0.6 is 0 Å². The van der Waals surface area contributed by atoms with Crippen LogP contribution in [0.25, 0.3) is 0 Å². The number of carbonyl (C=O) groups excluding carboxylic acids is 1. The van der Waals surface area contributed by atoms with E-state index < -0.39 is 0 Å². The lowest BCUT2D eigenvalue weighted by Crippen LogP contribution is -2.40. The third-order valence-electron chi connectivity index (χ3n) is 4.74. The Kier molecular flexibility index (Phi) is 7.65. The predicted octanol–water partition coefficient (Wildman–Crippen LogP) is 0.984. The molecule has 0 spiro atoms. The van der Waals surface area contributed by atoms with Crippen molar-refractivity contribution in [3.05, 3.63) is 11.6 Å². The molecule has 7 heteroatoms.